The van der Waals surface area contributed by atoms with Gasteiger partial charge in [-0.15, -0.1) is 0 Å². The van der Waals surface area contributed by atoms with Gasteiger partial charge >= 0.3 is 6.18 Å². The van der Waals surface area contributed by atoms with Crippen LogP contribution in [0.5, 0.6) is 0 Å². The second kappa shape index (κ2) is 5.58. The molecule has 0 aromatic rings. The smallest absolute Gasteiger partial charge is 0.417 e. The third kappa shape index (κ3) is 2.69. The average molecular weight is 292 g/mol. The van der Waals surface area contributed by atoms with Crippen LogP contribution in [0.3, 0.4) is 0 Å². The maximum Gasteiger partial charge on any atom is 0.417 e. The molecule has 20 heavy (non-hydrogen) atoms. The van der Waals surface area contributed by atoms with E-state index in [0.717, 1.165) is 32.6 Å². The molecule has 1 N–H and O–H groups in total. The van der Waals surface area contributed by atoms with Crippen molar-refractivity contribution in [2.45, 2.75) is 63.3 Å². The maximum atomic E-state index is 13.1. The van der Waals surface area contributed by atoms with Crippen molar-refractivity contribution in [2.24, 2.45) is 17.8 Å². The fraction of sp³-hybridized carbons (Fsp3) is 0.867. The summed E-state index contributed by atoms with van der Waals surface area (Å²) < 4.78 is 44.9. The van der Waals surface area contributed by atoms with E-state index in [1.54, 1.807) is 0 Å². The number of aliphatic hydroxyl groups is 1. The summed E-state index contributed by atoms with van der Waals surface area (Å²) in [5.74, 6) is -0.731. The normalized spacial score (nSPS) is 37.6. The molecule has 0 bridgehead atoms. The number of alkyl halides is 3. The SMILES string of the molecule is C=COC1CCC(C(C)(O)C(F)(F)F)C2CCCCC12. The molecular formula is C15H23F3O2. The van der Waals surface area contributed by atoms with Crippen molar-refractivity contribution >= 4 is 0 Å². The summed E-state index contributed by atoms with van der Waals surface area (Å²) in [5, 5.41) is 10.0. The Bertz CT molecular complexity index is 352. The molecule has 0 aromatic carbocycles. The fourth-order valence-electron chi connectivity index (χ4n) is 4.12. The van der Waals surface area contributed by atoms with Gasteiger partial charge in [-0.05, 0) is 50.4 Å². The second-order valence-electron chi connectivity index (χ2n) is 6.28. The quantitative estimate of drug-likeness (QED) is 0.795. The predicted molar refractivity (Wildman–Crippen MR) is 69.9 cm³/mol. The van der Waals surface area contributed by atoms with Crippen molar-refractivity contribution in [3.8, 4) is 0 Å². The highest BCUT2D eigenvalue weighted by Gasteiger charge is 2.59. The van der Waals surface area contributed by atoms with Gasteiger partial charge in [-0.25, -0.2) is 0 Å². The monoisotopic (exact) mass is 292 g/mol. The first-order chi connectivity index (χ1) is 9.29. The highest BCUT2D eigenvalue weighted by molar-refractivity contribution is 5.00. The summed E-state index contributed by atoms with van der Waals surface area (Å²) in [6.45, 7) is 4.48. The lowest BCUT2D eigenvalue weighted by atomic mass is 9.60. The largest absolute Gasteiger partial charge is 0.498 e. The molecule has 0 aliphatic heterocycles. The Balaban J connectivity index is 2.22. The molecule has 2 saturated carbocycles. The van der Waals surface area contributed by atoms with Crippen LogP contribution in [-0.4, -0.2) is 23.0 Å². The molecule has 2 nitrogen and oxygen atoms in total. The molecule has 0 heterocycles. The van der Waals surface area contributed by atoms with E-state index in [1.165, 1.54) is 6.26 Å². The molecule has 5 atom stereocenters. The van der Waals surface area contributed by atoms with Crippen molar-refractivity contribution in [3.05, 3.63) is 12.8 Å². The summed E-state index contributed by atoms with van der Waals surface area (Å²) >= 11 is 0. The first-order valence-electron chi connectivity index (χ1n) is 7.34. The molecule has 116 valence electrons. The van der Waals surface area contributed by atoms with Gasteiger partial charge in [0.15, 0.2) is 5.60 Å². The first-order valence-corrected chi connectivity index (χ1v) is 7.34. The first kappa shape index (κ1) is 15.7. The highest BCUT2D eigenvalue weighted by Crippen LogP contribution is 2.52. The molecule has 5 heteroatoms. The van der Waals surface area contributed by atoms with E-state index in [4.69, 9.17) is 4.74 Å². The Hall–Kier alpha value is -0.710. The van der Waals surface area contributed by atoms with Crippen LogP contribution < -0.4 is 0 Å². The number of hydrogen-bond acceptors (Lipinski definition) is 2. The van der Waals surface area contributed by atoms with Crippen LogP contribution >= 0.6 is 0 Å². The topological polar surface area (TPSA) is 29.5 Å². The molecular weight excluding hydrogens is 269 g/mol. The van der Waals surface area contributed by atoms with Crippen molar-refractivity contribution in [2.75, 3.05) is 0 Å². The van der Waals surface area contributed by atoms with Crippen LogP contribution in [0.1, 0.15) is 45.4 Å². The number of halogens is 3. The Morgan fingerprint density at radius 1 is 1.10 bits per heavy atom. The van der Waals surface area contributed by atoms with Crippen LogP contribution in [0.15, 0.2) is 12.8 Å². The van der Waals surface area contributed by atoms with Gasteiger partial charge in [0.1, 0.15) is 6.10 Å². The Morgan fingerprint density at radius 3 is 2.25 bits per heavy atom. The minimum Gasteiger partial charge on any atom is -0.498 e. The number of hydrogen-bond donors (Lipinski definition) is 1. The van der Waals surface area contributed by atoms with E-state index >= 15 is 0 Å². The lowest BCUT2D eigenvalue weighted by molar-refractivity contribution is -0.287. The highest BCUT2D eigenvalue weighted by atomic mass is 19.4. The van der Waals surface area contributed by atoms with Gasteiger partial charge in [0.25, 0.3) is 0 Å². The van der Waals surface area contributed by atoms with Crippen LogP contribution in [-0.2, 0) is 4.74 Å². The molecule has 2 aliphatic carbocycles. The van der Waals surface area contributed by atoms with Gasteiger partial charge in [0.05, 0.1) is 6.26 Å². The third-order valence-electron chi connectivity index (χ3n) is 5.20. The second-order valence-corrected chi connectivity index (χ2v) is 6.28. The van der Waals surface area contributed by atoms with E-state index in [-0.39, 0.29) is 17.9 Å². The zero-order valence-corrected chi connectivity index (χ0v) is 11.8. The van der Waals surface area contributed by atoms with E-state index in [2.05, 4.69) is 6.58 Å². The lowest BCUT2D eigenvalue weighted by Crippen LogP contribution is -2.56. The van der Waals surface area contributed by atoms with Crippen molar-refractivity contribution in [3.63, 3.8) is 0 Å². The predicted octanol–water partition coefficient (Wildman–Crippen LogP) is 4.04. The number of fused-ring (bicyclic) bond motifs is 1. The molecule has 5 unspecified atom stereocenters. The molecule has 0 amide bonds. The van der Waals surface area contributed by atoms with E-state index in [1.807, 2.05) is 0 Å². The van der Waals surface area contributed by atoms with Gasteiger partial charge in [0, 0.05) is 0 Å². The molecule has 0 aromatic heterocycles. The van der Waals surface area contributed by atoms with Gasteiger partial charge < -0.3 is 9.84 Å². The zero-order valence-electron chi connectivity index (χ0n) is 11.8. The van der Waals surface area contributed by atoms with Crippen molar-refractivity contribution < 1.29 is 23.0 Å². The van der Waals surface area contributed by atoms with Gasteiger partial charge in [-0.2, -0.15) is 13.2 Å². The summed E-state index contributed by atoms with van der Waals surface area (Å²) in [6, 6.07) is 0. The molecule has 2 aliphatic rings. The van der Waals surface area contributed by atoms with Crippen LogP contribution in [0.4, 0.5) is 13.2 Å². The molecule has 2 fully saturated rings. The van der Waals surface area contributed by atoms with E-state index in [9.17, 15) is 18.3 Å². The van der Waals surface area contributed by atoms with Crippen molar-refractivity contribution in [1.29, 1.82) is 0 Å². The van der Waals surface area contributed by atoms with E-state index in [0.29, 0.717) is 12.8 Å². The summed E-state index contributed by atoms with van der Waals surface area (Å²) in [5.41, 5.74) is -2.60. The Morgan fingerprint density at radius 2 is 1.70 bits per heavy atom. The Kier molecular flexibility index (Phi) is 4.38. The molecule has 0 saturated heterocycles. The minimum atomic E-state index is -4.58. The van der Waals surface area contributed by atoms with Crippen LogP contribution in [0.25, 0.3) is 0 Å². The van der Waals surface area contributed by atoms with Crippen molar-refractivity contribution in [1.82, 2.24) is 0 Å². The summed E-state index contributed by atoms with van der Waals surface area (Å²) in [7, 11) is 0. The fourth-order valence-corrected chi connectivity index (χ4v) is 4.12. The minimum absolute atomic E-state index is 0.0434. The molecule has 0 radical (unpaired) electrons. The lowest BCUT2D eigenvalue weighted by Gasteiger charge is -2.50. The average Bonchev–Trinajstić information content (AvgIpc) is 2.38. The van der Waals surface area contributed by atoms with Gasteiger partial charge in [0.2, 0.25) is 0 Å². The molecule has 0 spiro atoms. The van der Waals surface area contributed by atoms with E-state index < -0.39 is 17.7 Å². The van der Waals surface area contributed by atoms with Crippen LogP contribution in [0, 0.1) is 17.8 Å². The molecule has 2 rings (SSSR count). The zero-order chi connectivity index (χ0) is 15.0. The Labute approximate surface area is 118 Å². The maximum absolute atomic E-state index is 13.1. The van der Waals surface area contributed by atoms with Gasteiger partial charge in [-0.3, -0.25) is 0 Å². The van der Waals surface area contributed by atoms with Gasteiger partial charge in [-0.1, -0.05) is 19.4 Å². The number of ether oxygens (including phenoxy) is 1. The number of rotatable bonds is 3. The van der Waals surface area contributed by atoms with Crippen LogP contribution in [0.2, 0.25) is 0 Å². The summed E-state index contributed by atoms with van der Waals surface area (Å²) in [4.78, 5) is 0. The standard InChI is InChI=1S/C15H23F3O2/c1-3-20-13-9-8-12(14(2,19)15(16,17)18)10-6-4-5-7-11(10)13/h3,10-13,19H,1,4-9H2,2H3. The third-order valence-corrected chi connectivity index (χ3v) is 5.20. The summed E-state index contributed by atoms with van der Waals surface area (Å²) in [6.07, 6.45) is 1.27.